The molecule has 0 radical (unpaired) electrons. The van der Waals surface area contributed by atoms with Crippen molar-refractivity contribution in [2.45, 2.75) is 6.92 Å². The summed E-state index contributed by atoms with van der Waals surface area (Å²) in [6, 6.07) is 13.5. The van der Waals surface area contributed by atoms with Crippen molar-refractivity contribution in [1.29, 1.82) is 0 Å². The van der Waals surface area contributed by atoms with E-state index in [1.54, 1.807) is 25.1 Å². The van der Waals surface area contributed by atoms with E-state index in [1.165, 1.54) is 12.1 Å². The van der Waals surface area contributed by atoms with Gasteiger partial charge in [-0.15, -0.1) is 0 Å². The number of nitrogens with zero attached hydrogens (tertiary/aromatic N) is 2. The minimum Gasteiger partial charge on any atom is -0.454 e. The summed E-state index contributed by atoms with van der Waals surface area (Å²) in [5.74, 6) is 2.87. The molecule has 0 amide bonds. The molecule has 0 aliphatic carbocycles. The van der Waals surface area contributed by atoms with Crippen LogP contribution in [0.4, 0.5) is 27.4 Å². The molecule has 0 spiro atoms. The van der Waals surface area contributed by atoms with Crippen LogP contribution in [0.25, 0.3) is 0 Å². The predicted octanol–water partition coefficient (Wildman–Crippen LogP) is 4.14. The van der Waals surface area contributed by atoms with Gasteiger partial charge in [0.15, 0.2) is 11.5 Å². The fraction of sp³-hybridized carbons (Fsp3) is 0.111. The third-order valence-electron chi connectivity index (χ3n) is 3.58. The van der Waals surface area contributed by atoms with Gasteiger partial charge in [0.05, 0.1) is 0 Å². The van der Waals surface area contributed by atoms with Crippen molar-refractivity contribution >= 4 is 23.0 Å². The Bertz CT molecular complexity index is 933. The van der Waals surface area contributed by atoms with Crippen molar-refractivity contribution in [3.8, 4) is 11.5 Å². The van der Waals surface area contributed by atoms with Gasteiger partial charge in [-0.05, 0) is 37.3 Å². The molecule has 2 heterocycles. The van der Waals surface area contributed by atoms with Gasteiger partial charge in [0, 0.05) is 23.5 Å². The summed E-state index contributed by atoms with van der Waals surface area (Å²) in [6.07, 6.45) is 0. The van der Waals surface area contributed by atoms with Crippen molar-refractivity contribution in [3.63, 3.8) is 0 Å². The number of ether oxygens (including phenoxy) is 2. The molecule has 1 aromatic heterocycles. The van der Waals surface area contributed by atoms with Gasteiger partial charge in [0.2, 0.25) is 6.79 Å². The fourth-order valence-corrected chi connectivity index (χ4v) is 2.53. The van der Waals surface area contributed by atoms with Gasteiger partial charge in [0.25, 0.3) is 0 Å². The normalized spacial score (nSPS) is 12.1. The number of fused-ring (bicyclic) bond motifs is 1. The quantitative estimate of drug-likeness (QED) is 0.745. The zero-order chi connectivity index (χ0) is 17.2. The highest BCUT2D eigenvalue weighted by molar-refractivity contribution is 5.65. The van der Waals surface area contributed by atoms with Crippen molar-refractivity contribution in [2.75, 3.05) is 17.4 Å². The zero-order valence-electron chi connectivity index (χ0n) is 13.4. The second kappa shape index (κ2) is 6.27. The topological polar surface area (TPSA) is 68.3 Å². The number of anilines is 4. The van der Waals surface area contributed by atoms with E-state index in [0.29, 0.717) is 28.9 Å². The maximum absolute atomic E-state index is 13.3. The van der Waals surface area contributed by atoms with Gasteiger partial charge < -0.3 is 20.1 Å². The van der Waals surface area contributed by atoms with Crippen LogP contribution < -0.4 is 20.1 Å². The van der Waals surface area contributed by atoms with Crippen LogP contribution in [-0.4, -0.2) is 16.8 Å². The lowest BCUT2D eigenvalue weighted by Gasteiger charge is -2.11. The molecule has 1 aliphatic heterocycles. The average Bonchev–Trinajstić information content (AvgIpc) is 3.02. The second-order valence-electron chi connectivity index (χ2n) is 5.51. The van der Waals surface area contributed by atoms with E-state index < -0.39 is 0 Å². The second-order valence-corrected chi connectivity index (χ2v) is 5.51. The first-order valence-electron chi connectivity index (χ1n) is 7.71. The van der Waals surface area contributed by atoms with Gasteiger partial charge in [-0.25, -0.2) is 14.4 Å². The molecule has 4 rings (SSSR count). The Balaban J connectivity index is 1.57. The first-order valence-corrected chi connectivity index (χ1v) is 7.71. The highest BCUT2D eigenvalue weighted by Gasteiger charge is 2.13. The van der Waals surface area contributed by atoms with Gasteiger partial charge in [-0.1, -0.05) is 6.07 Å². The average molecular weight is 338 g/mol. The molecule has 0 saturated heterocycles. The Morgan fingerprint density at radius 2 is 1.60 bits per heavy atom. The number of hydrogen-bond acceptors (Lipinski definition) is 6. The Labute approximate surface area is 143 Å². The SMILES string of the molecule is Cc1nc(Nc2cccc(F)c2)cc(Nc2ccc3c(c2)OCO3)n1. The molecule has 6 nitrogen and oxygen atoms in total. The number of nitrogens with one attached hydrogen (secondary N) is 2. The van der Waals surface area contributed by atoms with Crippen LogP contribution in [0, 0.1) is 12.7 Å². The van der Waals surface area contributed by atoms with Crippen LogP contribution in [0.5, 0.6) is 11.5 Å². The minimum absolute atomic E-state index is 0.229. The summed E-state index contributed by atoms with van der Waals surface area (Å²) in [5, 5.41) is 6.29. The third-order valence-corrected chi connectivity index (χ3v) is 3.58. The molecule has 2 N–H and O–H groups in total. The summed E-state index contributed by atoms with van der Waals surface area (Å²) in [6.45, 7) is 2.02. The maximum atomic E-state index is 13.3. The molecule has 0 fully saturated rings. The molecule has 0 bridgehead atoms. The predicted molar refractivity (Wildman–Crippen MR) is 92.3 cm³/mol. The van der Waals surface area contributed by atoms with E-state index in [0.717, 1.165) is 11.4 Å². The zero-order valence-corrected chi connectivity index (χ0v) is 13.4. The molecule has 3 aromatic rings. The monoisotopic (exact) mass is 338 g/mol. The highest BCUT2D eigenvalue weighted by atomic mass is 19.1. The standard InChI is InChI=1S/C18H15FN4O2/c1-11-20-17(22-13-4-2-3-12(19)7-13)9-18(21-11)23-14-5-6-15-16(8-14)25-10-24-15/h2-9H,10H2,1H3,(H2,20,21,22,23). The van der Waals surface area contributed by atoms with Crippen molar-refractivity contribution in [3.05, 3.63) is 60.2 Å². The van der Waals surface area contributed by atoms with Gasteiger partial charge >= 0.3 is 0 Å². The number of aryl methyl sites for hydroxylation is 1. The van der Waals surface area contributed by atoms with E-state index >= 15 is 0 Å². The first kappa shape index (κ1) is 15.2. The van der Waals surface area contributed by atoms with Crippen LogP contribution in [0.2, 0.25) is 0 Å². The molecule has 126 valence electrons. The molecular weight excluding hydrogens is 323 g/mol. The molecule has 25 heavy (non-hydrogen) atoms. The number of halogens is 1. The Morgan fingerprint density at radius 1 is 0.880 bits per heavy atom. The van der Waals surface area contributed by atoms with E-state index in [9.17, 15) is 4.39 Å². The summed E-state index contributed by atoms with van der Waals surface area (Å²) < 4.78 is 24.0. The summed E-state index contributed by atoms with van der Waals surface area (Å²) in [4.78, 5) is 8.70. The van der Waals surface area contributed by atoms with Gasteiger partial charge in [0.1, 0.15) is 23.3 Å². The number of rotatable bonds is 4. The molecule has 0 saturated carbocycles. The number of aromatic nitrogens is 2. The minimum atomic E-state index is -0.311. The lowest BCUT2D eigenvalue weighted by atomic mass is 10.2. The molecule has 0 unspecified atom stereocenters. The van der Waals surface area contributed by atoms with Crippen LogP contribution in [-0.2, 0) is 0 Å². The van der Waals surface area contributed by atoms with Gasteiger partial charge in [-0.2, -0.15) is 0 Å². The van der Waals surface area contributed by atoms with Crippen LogP contribution >= 0.6 is 0 Å². The lowest BCUT2D eigenvalue weighted by molar-refractivity contribution is 0.174. The van der Waals surface area contributed by atoms with Crippen molar-refractivity contribution in [2.24, 2.45) is 0 Å². The molecule has 1 aliphatic rings. The van der Waals surface area contributed by atoms with E-state index in [2.05, 4.69) is 20.6 Å². The largest absolute Gasteiger partial charge is 0.454 e. The maximum Gasteiger partial charge on any atom is 0.231 e. The summed E-state index contributed by atoms with van der Waals surface area (Å²) in [7, 11) is 0. The lowest BCUT2D eigenvalue weighted by Crippen LogP contribution is -2.01. The summed E-state index contributed by atoms with van der Waals surface area (Å²) in [5.41, 5.74) is 1.44. The third kappa shape index (κ3) is 3.45. The fourth-order valence-electron chi connectivity index (χ4n) is 2.53. The smallest absolute Gasteiger partial charge is 0.231 e. The molecule has 7 heteroatoms. The van der Waals surface area contributed by atoms with E-state index in [-0.39, 0.29) is 12.6 Å². The van der Waals surface area contributed by atoms with E-state index in [1.807, 2.05) is 18.2 Å². The van der Waals surface area contributed by atoms with Crippen molar-refractivity contribution < 1.29 is 13.9 Å². The summed E-state index contributed by atoms with van der Waals surface area (Å²) >= 11 is 0. The molecule has 0 atom stereocenters. The van der Waals surface area contributed by atoms with E-state index in [4.69, 9.17) is 9.47 Å². The number of benzene rings is 2. The van der Waals surface area contributed by atoms with Gasteiger partial charge in [-0.3, -0.25) is 0 Å². The Morgan fingerprint density at radius 3 is 2.36 bits per heavy atom. The Hall–Kier alpha value is -3.35. The first-order chi connectivity index (χ1) is 12.2. The Kier molecular flexibility index (Phi) is 3.81. The van der Waals surface area contributed by atoms with Crippen molar-refractivity contribution in [1.82, 2.24) is 9.97 Å². The number of hydrogen-bond donors (Lipinski definition) is 2. The van der Waals surface area contributed by atoms with Crippen LogP contribution in [0.15, 0.2) is 48.5 Å². The van der Waals surface area contributed by atoms with Crippen LogP contribution in [0.1, 0.15) is 5.82 Å². The molecule has 2 aromatic carbocycles. The molecular formula is C18H15FN4O2. The van der Waals surface area contributed by atoms with Crippen LogP contribution in [0.3, 0.4) is 0 Å². The highest BCUT2D eigenvalue weighted by Crippen LogP contribution is 2.35.